The standard InChI is InChI=1S/C16H15ClF3N/c1-15(11-17,12-7-3-2-4-8-12)21-14-10-6-5-9-13(14)16(18,19)20/h2-10,21H,11H2,1H3. The van der Waals surface area contributed by atoms with Gasteiger partial charge in [-0.15, -0.1) is 11.6 Å². The molecule has 0 aliphatic carbocycles. The smallest absolute Gasteiger partial charge is 0.374 e. The van der Waals surface area contributed by atoms with E-state index in [-0.39, 0.29) is 11.6 Å². The molecule has 0 aromatic heterocycles. The van der Waals surface area contributed by atoms with Gasteiger partial charge in [0, 0.05) is 11.6 Å². The minimum absolute atomic E-state index is 0.0250. The SMILES string of the molecule is CC(CCl)(Nc1ccccc1C(F)(F)F)c1ccccc1. The molecule has 1 nitrogen and oxygen atoms in total. The van der Waals surface area contributed by atoms with Crippen LogP contribution >= 0.6 is 11.6 Å². The number of para-hydroxylation sites is 1. The zero-order valence-corrected chi connectivity index (χ0v) is 12.2. The van der Waals surface area contributed by atoms with Crippen LogP contribution < -0.4 is 5.32 Å². The van der Waals surface area contributed by atoms with E-state index < -0.39 is 17.3 Å². The van der Waals surface area contributed by atoms with E-state index >= 15 is 0 Å². The summed E-state index contributed by atoms with van der Waals surface area (Å²) < 4.78 is 39.2. The summed E-state index contributed by atoms with van der Waals surface area (Å²) in [5.41, 5.74) is -0.629. The Kier molecular flexibility index (Phi) is 4.47. The Hall–Kier alpha value is -1.68. The average Bonchev–Trinajstić information content (AvgIpc) is 2.47. The fourth-order valence-electron chi connectivity index (χ4n) is 2.13. The lowest BCUT2D eigenvalue weighted by molar-refractivity contribution is -0.137. The van der Waals surface area contributed by atoms with Crippen molar-refractivity contribution in [2.24, 2.45) is 0 Å². The van der Waals surface area contributed by atoms with E-state index in [9.17, 15) is 13.2 Å². The van der Waals surface area contributed by atoms with Crippen LogP contribution in [-0.2, 0) is 11.7 Å². The first kappa shape index (κ1) is 15.7. The van der Waals surface area contributed by atoms with Crippen LogP contribution in [0.1, 0.15) is 18.1 Å². The maximum atomic E-state index is 13.1. The minimum Gasteiger partial charge on any atom is -0.374 e. The van der Waals surface area contributed by atoms with Crippen LogP contribution in [0.3, 0.4) is 0 Å². The molecule has 1 atom stereocenters. The molecule has 2 aromatic rings. The van der Waals surface area contributed by atoms with Gasteiger partial charge in [0.05, 0.1) is 11.1 Å². The molecule has 0 saturated heterocycles. The number of alkyl halides is 4. The summed E-state index contributed by atoms with van der Waals surface area (Å²) in [4.78, 5) is 0. The largest absolute Gasteiger partial charge is 0.418 e. The molecule has 0 radical (unpaired) electrons. The highest BCUT2D eigenvalue weighted by Gasteiger charge is 2.35. The number of nitrogens with one attached hydrogen (secondary N) is 1. The first-order valence-electron chi connectivity index (χ1n) is 6.43. The van der Waals surface area contributed by atoms with Gasteiger partial charge in [0.2, 0.25) is 0 Å². The van der Waals surface area contributed by atoms with Crippen molar-refractivity contribution < 1.29 is 13.2 Å². The number of benzene rings is 2. The molecule has 2 aromatic carbocycles. The first-order valence-corrected chi connectivity index (χ1v) is 6.96. The Labute approximate surface area is 126 Å². The van der Waals surface area contributed by atoms with Crippen LogP contribution in [0.5, 0.6) is 0 Å². The highest BCUT2D eigenvalue weighted by Crippen LogP contribution is 2.37. The normalized spacial score (nSPS) is 14.5. The third-order valence-corrected chi connectivity index (χ3v) is 3.86. The molecule has 1 N–H and O–H groups in total. The van der Waals surface area contributed by atoms with Crippen LogP contribution in [0, 0.1) is 0 Å². The lowest BCUT2D eigenvalue weighted by Gasteiger charge is -2.31. The summed E-state index contributed by atoms with van der Waals surface area (Å²) in [6.45, 7) is 1.78. The molecule has 0 aliphatic rings. The topological polar surface area (TPSA) is 12.0 Å². The van der Waals surface area contributed by atoms with Crippen LogP contribution in [0.15, 0.2) is 54.6 Å². The molecule has 0 aliphatic heterocycles. The van der Waals surface area contributed by atoms with Gasteiger partial charge in [0.1, 0.15) is 0 Å². The lowest BCUT2D eigenvalue weighted by atomic mass is 9.93. The van der Waals surface area contributed by atoms with Crippen LogP contribution in [0.25, 0.3) is 0 Å². The van der Waals surface area contributed by atoms with Gasteiger partial charge >= 0.3 is 6.18 Å². The van der Waals surface area contributed by atoms with Gasteiger partial charge in [-0.25, -0.2) is 0 Å². The van der Waals surface area contributed by atoms with Gasteiger partial charge in [0.25, 0.3) is 0 Å². The second-order valence-electron chi connectivity index (χ2n) is 5.00. The zero-order valence-electron chi connectivity index (χ0n) is 11.4. The minimum atomic E-state index is -4.41. The monoisotopic (exact) mass is 313 g/mol. The summed E-state index contributed by atoms with van der Waals surface area (Å²) in [7, 11) is 0. The summed E-state index contributed by atoms with van der Waals surface area (Å²) in [6, 6.07) is 14.6. The van der Waals surface area contributed by atoms with Crippen LogP contribution in [0.4, 0.5) is 18.9 Å². The van der Waals surface area contributed by atoms with E-state index in [1.807, 2.05) is 30.3 Å². The van der Waals surface area contributed by atoms with E-state index in [2.05, 4.69) is 5.32 Å². The number of halogens is 4. The molecule has 2 rings (SSSR count). The molecule has 0 spiro atoms. The third-order valence-electron chi connectivity index (χ3n) is 3.32. The van der Waals surface area contributed by atoms with E-state index in [0.717, 1.165) is 11.6 Å². The van der Waals surface area contributed by atoms with Crippen molar-refractivity contribution >= 4 is 17.3 Å². The predicted molar refractivity (Wildman–Crippen MR) is 79.6 cm³/mol. The van der Waals surface area contributed by atoms with E-state index in [0.29, 0.717) is 0 Å². The fourth-order valence-corrected chi connectivity index (χ4v) is 2.35. The van der Waals surface area contributed by atoms with E-state index in [1.54, 1.807) is 13.0 Å². The van der Waals surface area contributed by atoms with Crippen molar-refractivity contribution in [1.29, 1.82) is 0 Å². The summed E-state index contributed by atoms with van der Waals surface area (Å²) in [5, 5.41) is 2.94. The Morgan fingerprint density at radius 2 is 1.52 bits per heavy atom. The molecule has 112 valence electrons. The molecular weight excluding hydrogens is 299 g/mol. The van der Waals surface area contributed by atoms with Crippen molar-refractivity contribution in [3.63, 3.8) is 0 Å². The number of hydrogen-bond acceptors (Lipinski definition) is 1. The highest BCUT2D eigenvalue weighted by molar-refractivity contribution is 6.18. The molecular formula is C16H15ClF3N. The van der Waals surface area contributed by atoms with E-state index in [4.69, 9.17) is 11.6 Å². The molecule has 5 heteroatoms. The molecule has 0 bridgehead atoms. The third kappa shape index (κ3) is 3.50. The van der Waals surface area contributed by atoms with Gasteiger partial charge in [-0.05, 0) is 24.6 Å². The number of rotatable bonds is 4. The van der Waals surface area contributed by atoms with E-state index in [1.165, 1.54) is 12.1 Å². The van der Waals surface area contributed by atoms with Crippen molar-refractivity contribution in [2.45, 2.75) is 18.6 Å². The molecule has 0 fully saturated rings. The van der Waals surface area contributed by atoms with Crippen molar-refractivity contribution in [3.05, 3.63) is 65.7 Å². The predicted octanol–water partition coefficient (Wildman–Crippen LogP) is 5.27. The second-order valence-corrected chi connectivity index (χ2v) is 5.27. The quantitative estimate of drug-likeness (QED) is 0.758. The molecule has 1 unspecified atom stereocenters. The average molecular weight is 314 g/mol. The molecule has 0 saturated carbocycles. The number of hydrogen-bond donors (Lipinski definition) is 1. The molecule has 21 heavy (non-hydrogen) atoms. The molecule has 0 heterocycles. The summed E-state index contributed by atoms with van der Waals surface area (Å²) in [6.07, 6.45) is -4.41. The van der Waals surface area contributed by atoms with Gasteiger partial charge in [-0.2, -0.15) is 13.2 Å². The number of anilines is 1. The Morgan fingerprint density at radius 3 is 2.10 bits per heavy atom. The van der Waals surface area contributed by atoms with Crippen LogP contribution in [-0.4, -0.2) is 5.88 Å². The maximum Gasteiger partial charge on any atom is 0.418 e. The summed E-state index contributed by atoms with van der Waals surface area (Å²) in [5.74, 6) is 0.142. The van der Waals surface area contributed by atoms with Crippen molar-refractivity contribution in [1.82, 2.24) is 0 Å². The Morgan fingerprint density at radius 1 is 0.952 bits per heavy atom. The Balaban J connectivity index is 2.41. The van der Waals surface area contributed by atoms with Gasteiger partial charge in [-0.3, -0.25) is 0 Å². The lowest BCUT2D eigenvalue weighted by Crippen LogP contribution is -2.34. The maximum absolute atomic E-state index is 13.1. The first-order chi connectivity index (χ1) is 9.87. The summed E-state index contributed by atoms with van der Waals surface area (Å²) >= 11 is 6.02. The van der Waals surface area contributed by atoms with Gasteiger partial charge in [0.15, 0.2) is 0 Å². The fraction of sp³-hybridized carbons (Fsp3) is 0.250. The van der Waals surface area contributed by atoms with Crippen LogP contribution in [0.2, 0.25) is 0 Å². The molecule has 0 amide bonds. The van der Waals surface area contributed by atoms with Crippen molar-refractivity contribution in [2.75, 3.05) is 11.2 Å². The van der Waals surface area contributed by atoms with Crippen molar-refractivity contribution in [3.8, 4) is 0 Å². The zero-order chi connectivity index (χ0) is 15.5. The highest BCUT2D eigenvalue weighted by atomic mass is 35.5. The second kappa shape index (κ2) is 5.98. The van der Waals surface area contributed by atoms with Gasteiger partial charge < -0.3 is 5.32 Å². The Bertz CT molecular complexity index is 598. The van der Waals surface area contributed by atoms with Gasteiger partial charge in [-0.1, -0.05) is 42.5 Å².